The molecule has 0 saturated heterocycles. The van der Waals surface area contributed by atoms with Crippen molar-refractivity contribution in [3.8, 4) is 0 Å². The number of hydrogen-bond acceptors (Lipinski definition) is 2. The van der Waals surface area contributed by atoms with Crippen LogP contribution in [-0.2, 0) is 9.53 Å². The van der Waals surface area contributed by atoms with Crippen molar-refractivity contribution in [3.63, 3.8) is 0 Å². The van der Waals surface area contributed by atoms with Crippen molar-refractivity contribution in [2.24, 2.45) is 10.8 Å². The van der Waals surface area contributed by atoms with Gasteiger partial charge in [0, 0.05) is 7.11 Å². The topological polar surface area (TPSA) is 46.5 Å². The van der Waals surface area contributed by atoms with Crippen LogP contribution >= 0.6 is 0 Å². The minimum absolute atomic E-state index is 0.227. The van der Waals surface area contributed by atoms with E-state index in [1.54, 1.807) is 7.11 Å². The van der Waals surface area contributed by atoms with E-state index in [1.165, 1.54) is 0 Å². The maximum atomic E-state index is 11.7. The molecule has 1 fully saturated rings. The van der Waals surface area contributed by atoms with Gasteiger partial charge in [0.05, 0.1) is 11.0 Å². The summed E-state index contributed by atoms with van der Waals surface area (Å²) in [5.74, 6) is -0.620. The van der Waals surface area contributed by atoms with Crippen molar-refractivity contribution in [3.05, 3.63) is 0 Å². The normalized spacial score (nSPS) is 22.7. The SMILES string of the molecule is COC(C)(C)CCC1(C(=O)O)CCC(C)(C)CC1. The number of carbonyl (C=O) groups is 1. The summed E-state index contributed by atoms with van der Waals surface area (Å²) in [5, 5.41) is 9.59. The molecule has 1 saturated carbocycles. The summed E-state index contributed by atoms with van der Waals surface area (Å²) in [6, 6.07) is 0. The number of carboxylic acids is 1. The predicted molar refractivity (Wildman–Crippen MR) is 72.6 cm³/mol. The zero-order valence-corrected chi connectivity index (χ0v) is 12.5. The Balaban J connectivity index is 2.69. The second-order valence-electron chi connectivity index (χ2n) is 7.21. The minimum Gasteiger partial charge on any atom is -0.481 e. The summed E-state index contributed by atoms with van der Waals surface area (Å²) < 4.78 is 5.40. The molecule has 1 aliphatic carbocycles. The Morgan fingerprint density at radius 3 is 2.11 bits per heavy atom. The van der Waals surface area contributed by atoms with Crippen LogP contribution in [0.5, 0.6) is 0 Å². The van der Waals surface area contributed by atoms with Gasteiger partial charge in [-0.1, -0.05) is 13.8 Å². The van der Waals surface area contributed by atoms with Crippen molar-refractivity contribution >= 4 is 5.97 Å². The molecule has 0 bridgehead atoms. The number of carboxylic acid groups (broad SMARTS) is 1. The Kier molecular flexibility index (Phi) is 4.47. The van der Waals surface area contributed by atoms with E-state index >= 15 is 0 Å². The van der Waals surface area contributed by atoms with Gasteiger partial charge >= 0.3 is 5.97 Å². The highest BCUT2D eigenvalue weighted by atomic mass is 16.5. The summed E-state index contributed by atoms with van der Waals surface area (Å²) in [5.41, 5.74) is -0.448. The second kappa shape index (κ2) is 5.20. The third-order valence-electron chi connectivity index (χ3n) is 4.77. The molecule has 3 heteroatoms. The summed E-state index contributed by atoms with van der Waals surface area (Å²) >= 11 is 0. The molecule has 0 atom stereocenters. The van der Waals surface area contributed by atoms with Crippen molar-refractivity contribution in [1.82, 2.24) is 0 Å². The molecule has 0 aromatic carbocycles. The lowest BCUT2D eigenvalue weighted by atomic mass is 9.63. The van der Waals surface area contributed by atoms with Crippen LogP contribution in [0.1, 0.15) is 66.2 Å². The van der Waals surface area contributed by atoms with Gasteiger partial charge in [-0.05, 0) is 57.8 Å². The molecular formula is C15H28O3. The minimum atomic E-state index is -0.620. The molecule has 0 unspecified atom stereocenters. The quantitative estimate of drug-likeness (QED) is 0.812. The number of hydrogen-bond donors (Lipinski definition) is 1. The van der Waals surface area contributed by atoms with E-state index in [2.05, 4.69) is 13.8 Å². The monoisotopic (exact) mass is 256 g/mol. The molecule has 0 aromatic rings. The van der Waals surface area contributed by atoms with Gasteiger partial charge in [0.2, 0.25) is 0 Å². The molecule has 3 nitrogen and oxygen atoms in total. The van der Waals surface area contributed by atoms with Gasteiger partial charge in [0.25, 0.3) is 0 Å². The van der Waals surface area contributed by atoms with Gasteiger partial charge in [-0.2, -0.15) is 0 Å². The number of methoxy groups -OCH3 is 1. The van der Waals surface area contributed by atoms with Crippen molar-refractivity contribution in [1.29, 1.82) is 0 Å². The fourth-order valence-electron chi connectivity index (χ4n) is 2.62. The predicted octanol–water partition coefficient (Wildman–Crippen LogP) is 3.86. The molecule has 0 aliphatic heterocycles. The number of ether oxygens (including phenoxy) is 1. The molecule has 1 rings (SSSR count). The molecular weight excluding hydrogens is 228 g/mol. The van der Waals surface area contributed by atoms with E-state index in [0.717, 1.165) is 38.5 Å². The Labute approximate surface area is 111 Å². The van der Waals surface area contributed by atoms with E-state index in [9.17, 15) is 9.90 Å². The van der Waals surface area contributed by atoms with E-state index in [0.29, 0.717) is 5.41 Å². The first-order valence-corrected chi connectivity index (χ1v) is 6.91. The highest BCUT2D eigenvalue weighted by molar-refractivity contribution is 5.74. The summed E-state index contributed by atoms with van der Waals surface area (Å²) in [4.78, 5) is 11.7. The van der Waals surface area contributed by atoms with Crippen LogP contribution < -0.4 is 0 Å². The summed E-state index contributed by atoms with van der Waals surface area (Å²) in [6.07, 6.45) is 5.14. The highest BCUT2D eigenvalue weighted by Crippen LogP contribution is 2.48. The van der Waals surface area contributed by atoms with E-state index < -0.39 is 11.4 Å². The highest BCUT2D eigenvalue weighted by Gasteiger charge is 2.44. The number of aliphatic carboxylic acids is 1. The molecule has 1 N–H and O–H groups in total. The number of rotatable bonds is 5. The first-order valence-electron chi connectivity index (χ1n) is 6.91. The lowest BCUT2D eigenvalue weighted by Gasteiger charge is -2.42. The Morgan fingerprint density at radius 2 is 1.72 bits per heavy atom. The largest absolute Gasteiger partial charge is 0.481 e. The van der Waals surface area contributed by atoms with E-state index in [1.807, 2.05) is 13.8 Å². The first-order chi connectivity index (χ1) is 8.13. The Hall–Kier alpha value is -0.570. The standard InChI is InChI=1S/C15H28O3/c1-13(2)6-9-15(10-7-13,12(16)17)11-8-14(3,4)18-5/h6-11H2,1-5H3,(H,16,17). The molecule has 106 valence electrons. The Morgan fingerprint density at radius 1 is 1.22 bits per heavy atom. The van der Waals surface area contributed by atoms with Crippen LogP contribution in [0.15, 0.2) is 0 Å². The Bertz CT molecular complexity index is 295. The lowest BCUT2D eigenvalue weighted by Crippen LogP contribution is -2.39. The van der Waals surface area contributed by atoms with E-state index in [4.69, 9.17) is 4.74 Å². The van der Waals surface area contributed by atoms with Crippen LogP contribution in [-0.4, -0.2) is 23.8 Å². The van der Waals surface area contributed by atoms with Gasteiger partial charge in [-0.25, -0.2) is 0 Å². The van der Waals surface area contributed by atoms with Crippen LogP contribution in [0.3, 0.4) is 0 Å². The first kappa shape index (κ1) is 15.5. The third-order valence-corrected chi connectivity index (χ3v) is 4.77. The molecule has 0 aromatic heterocycles. The van der Waals surface area contributed by atoms with Crippen LogP contribution in [0.4, 0.5) is 0 Å². The average molecular weight is 256 g/mol. The van der Waals surface area contributed by atoms with Gasteiger partial charge in [-0.15, -0.1) is 0 Å². The van der Waals surface area contributed by atoms with Crippen molar-refractivity contribution in [2.45, 2.75) is 71.8 Å². The smallest absolute Gasteiger partial charge is 0.309 e. The third kappa shape index (κ3) is 3.71. The second-order valence-corrected chi connectivity index (χ2v) is 7.21. The van der Waals surface area contributed by atoms with Crippen molar-refractivity contribution < 1.29 is 14.6 Å². The molecule has 0 amide bonds. The van der Waals surface area contributed by atoms with Gasteiger partial charge in [-0.3, -0.25) is 4.79 Å². The maximum absolute atomic E-state index is 11.7. The van der Waals surface area contributed by atoms with Gasteiger partial charge in [0.1, 0.15) is 0 Å². The zero-order valence-electron chi connectivity index (χ0n) is 12.5. The van der Waals surface area contributed by atoms with E-state index in [-0.39, 0.29) is 5.60 Å². The molecule has 1 aliphatic rings. The summed E-state index contributed by atoms with van der Waals surface area (Å²) in [7, 11) is 1.69. The zero-order chi connectivity index (χ0) is 14.0. The van der Waals surface area contributed by atoms with Crippen LogP contribution in [0, 0.1) is 10.8 Å². The molecule has 0 spiro atoms. The molecule has 18 heavy (non-hydrogen) atoms. The maximum Gasteiger partial charge on any atom is 0.309 e. The average Bonchev–Trinajstić information content (AvgIpc) is 2.28. The van der Waals surface area contributed by atoms with Crippen LogP contribution in [0.25, 0.3) is 0 Å². The fourth-order valence-corrected chi connectivity index (χ4v) is 2.62. The van der Waals surface area contributed by atoms with Gasteiger partial charge in [0.15, 0.2) is 0 Å². The van der Waals surface area contributed by atoms with Gasteiger partial charge < -0.3 is 9.84 Å². The van der Waals surface area contributed by atoms with Crippen LogP contribution in [0.2, 0.25) is 0 Å². The summed E-state index contributed by atoms with van der Waals surface area (Å²) in [6.45, 7) is 8.51. The lowest BCUT2D eigenvalue weighted by molar-refractivity contribution is -0.154. The fraction of sp³-hybridized carbons (Fsp3) is 0.933. The molecule has 0 heterocycles. The van der Waals surface area contributed by atoms with Crippen molar-refractivity contribution in [2.75, 3.05) is 7.11 Å². The molecule has 0 radical (unpaired) electrons.